The maximum atomic E-state index is 5.90. The van der Waals surface area contributed by atoms with E-state index >= 15 is 0 Å². The molecule has 1 fully saturated rings. The third-order valence-corrected chi connectivity index (χ3v) is 3.42. The van der Waals surface area contributed by atoms with Crippen molar-refractivity contribution in [1.29, 1.82) is 0 Å². The highest BCUT2D eigenvalue weighted by molar-refractivity contribution is 6.29. The summed E-state index contributed by atoms with van der Waals surface area (Å²) >= 11 is 5.90. The van der Waals surface area contributed by atoms with Crippen LogP contribution >= 0.6 is 11.6 Å². The minimum atomic E-state index is 0.503. The molecule has 0 aliphatic carbocycles. The fourth-order valence-corrected chi connectivity index (χ4v) is 2.42. The van der Waals surface area contributed by atoms with E-state index in [4.69, 9.17) is 11.6 Å². The van der Waals surface area contributed by atoms with Gasteiger partial charge in [-0.2, -0.15) is 0 Å². The summed E-state index contributed by atoms with van der Waals surface area (Å²) in [7, 11) is 0. The Morgan fingerprint density at radius 1 is 1.22 bits per heavy atom. The standard InChI is InChI=1S/C13H15ClN4/c14-13-2-1-11-12(18-13)7-10(8-16-11)17-9-3-5-15-6-4-9/h1-2,7-9,15,17H,3-6H2. The van der Waals surface area contributed by atoms with Crippen molar-refractivity contribution in [3.8, 4) is 0 Å². The van der Waals surface area contributed by atoms with Crippen molar-refractivity contribution in [1.82, 2.24) is 15.3 Å². The number of rotatable bonds is 2. The van der Waals surface area contributed by atoms with Crippen molar-refractivity contribution in [2.24, 2.45) is 0 Å². The fourth-order valence-electron chi connectivity index (χ4n) is 2.26. The van der Waals surface area contributed by atoms with Crippen LogP contribution in [0.1, 0.15) is 12.8 Å². The molecule has 94 valence electrons. The highest BCUT2D eigenvalue weighted by Gasteiger charge is 2.12. The number of piperidine rings is 1. The van der Waals surface area contributed by atoms with Gasteiger partial charge in [-0.15, -0.1) is 0 Å². The molecule has 2 N–H and O–H groups in total. The first-order valence-corrected chi connectivity index (χ1v) is 6.58. The van der Waals surface area contributed by atoms with Gasteiger partial charge in [-0.1, -0.05) is 11.6 Å². The van der Waals surface area contributed by atoms with Gasteiger partial charge in [0.1, 0.15) is 5.15 Å². The van der Waals surface area contributed by atoms with Crippen molar-refractivity contribution < 1.29 is 0 Å². The number of hydrogen-bond acceptors (Lipinski definition) is 4. The summed E-state index contributed by atoms with van der Waals surface area (Å²) in [5.41, 5.74) is 2.72. The molecule has 1 saturated heterocycles. The molecule has 0 atom stereocenters. The van der Waals surface area contributed by atoms with Crippen molar-refractivity contribution in [3.63, 3.8) is 0 Å². The van der Waals surface area contributed by atoms with Crippen LogP contribution in [0.15, 0.2) is 24.4 Å². The molecule has 2 aromatic rings. The van der Waals surface area contributed by atoms with Gasteiger partial charge >= 0.3 is 0 Å². The average Bonchev–Trinajstić information content (AvgIpc) is 2.39. The van der Waals surface area contributed by atoms with Crippen LogP contribution in [0.5, 0.6) is 0 Å². The fraction of sp³-hybridized carbons (Fsp3) is 0.385. The van der Waals surface area contributed by atoms with E-state index in [0.29, 0.717) is 11.2 Å². The third-order valence-electron chi connectivity index (χ3n) is 3.21. The van der Waals surface area contributed by atoms with E-state index in [1.165, 1.54) is 0 Å². The zero-order chi connectivity index (χ0) is 12.4. The van der Waals surface area contributed by atoms with Gasteiger partial charge in [-0.25, -0.2) is 4.98 Å². The first-order valence-electron chi connectivity index (χ1n) is 6.21. The summed E-state index contributed by atoms with van der Waals surface area (Å²) < 4.78 is 0. The van der Waals surface area contributed by atoms with Gasteiger partial charge in [0.15, 0.2) is 0 Å². The number of aromatic nitrogens is 2. The third kappa shape index (κ3) is 2.54. The number of hydrogen-bond donors (Lipinski definition) is 2. The molecule has 4 nitrogen and oxygen atoms in total. The number of nitrogens with zero attached hydrogens (tertiary/aromatic N) is 2. The van der Waals surface area contributed by atoms with Crippen LogP contribution in [0.3, 0.4) is 0 Å². The quantitative estimate of drug-likeness (QED) is 0.817. The summed E-state index contributed by atoms with van der Waals surface area (Å²) in [5.74, 6) is 0. The van der Waals surface area contributed by atoms with E-state index in [2.05, 4.69) is 20.6 Å². The Bertz CT molecular complexity index is 552. The Labute approximate surface area is 111 Å². The average molecular weight is 263 g/mol. The molecule has 0 unspecified atom stereocenters. The molecule has 2 aromatic heterocycles. The highest BCUT2D eigenvalue weighted by atomic mass is 35.5. The van der Waals surface area contributed by atoms with Crippen LogP contribution in [0.4, 0.5) is 5.69 Å². The van der Waals surface area contributed by atoms with Crippen molar-refractivity contribution in [2.75, 3.05) is 18.4 Å². The maximum Gasteiger partial charge on any atom is 0.129 e. The molecule has 0 spiro atoms. The monoisotopic (exact) mass is 262 g/mol. The van der Waals surface area contributed by atoms with Gasteiger partial charge in [0.2, 0.25) is 0 Å². The lowest BCUT2D eigenvalue weighted by atomic mass is 10.1. The second kappa shape index (κ2) is 5.08. The Kier molecular flexibility index (Phi) is 3.30. The van der Waals surface area contributed by atoms with Crippen molar-refractivity contribution in [2.45, 2.75) is 18.9 Å². The topological polar surface area (TPSA) is 49.8 Å². The minimum absolute atomic E-state index is 0.503. The van der Waals surface area contributed by atoms with E-state index in [0.717, 1.165) is 42.7 Å². The lowest BCUT2D eigenvalue weighted by Gasteiger charge is -2.24. The van der Waals surface area contributed by atoms with Gasteiger partial charge in [0, 0.05) is 6.04 Å². The molecular weight excluding hydrogens is 248 g/mol. The Balaban J connectivity index is 1.83. The Hall–Kier alpha value is -1.39. The number of halogens is 1. The SMILES string of the molecule is Clc1ccc2ncc(NC3CCNCC3)cc2n1. The van der Waals surface area contributed by atoms with Crippen LogP contribution in [0.25, 0.3) is 11.0 Å². The van der Waals surface area contributed by atoms with Crippen LogP contribution in [-0.2, 0) is 0 Å². The summed E-state index contributed by atoms with van der Waals surface area (Å²) in [6, 6.07) is 6.18. The predicted octanol–water partition coefficient (Wildman–Crippen LogP) is 2.45. The van der Waals surface area contributed by atoms with Crippen LogP contribution < -0.4 is 10.6 Å². The van der Waals surface area contributed by atoms with E-state index in [-0.39, 0.29) is 0 Å². The Morgan fingerprint density at radius 3 is 2.89 bits per heavy atom. The summed E-state index contributed by atoms with van der Waals surface area (Å²) in [5, 5.41) is 7.36. The summed E-state index contributed by atoms with van der Waals surface area (Å²) in [6.07, 6.45) is 4.14. The molecule has 1 aliphatic rings. The summed E-state index contributed by atoms with van der Waals surface area (Å²) in [6.45, 7) is 2.14. The van der Waals surface area contributed by atoms with Gasteiger partial charge in [0.25, 0.3) is 0 Å². The van der Waals surface area contributed by atoms with Gasteiger partial charge in [0.05, 0.1) is 22.9 Å². The van der Waals surface area contributed by atoms with Crippen molar-refractivity contribution >= 4 is 28.3 Å². The van der Waals surface area contributed by atoms with E-state index < -0.39 is 0 Å². The molecule has 0 radical (unpaired) electrons. The molecule has 1 aliphatic heterocycles. The highest BCUT2D eigenvalue weighted by Crippen LogP contribution is 2.19. The largest absolute Gasteiger partial charge is 0.381 e. The molecule has 5 heteroatoms. The molecule has 0 saturated carbocycles. The normalized spacial score (nSPS) is 16.9. The van der Waals surface area contributed by atoms with Crippen LogP contribution in [0.2, 0.25) is 5.15 Å². The molecule has 3 heterocycles. The molecule has 3 rings (SSSR count). The van der Waals surface area contributed by atoms with Gasteiger partial charge < -0.3 is 10.6 Å². The van der Waals surface area contributed by atoms with Gasteiger partial charge in [-0.05, 0) is 44.1 Å². The molecule has 0 bridgehead atoms. The first kappa shape index (κ1) is 11.7. The maximum absolute atomic E-state index is 5.90. The van der Waals surface area contributed by atoms with E-state index in [1.54, 1.807) is 6.07 Å². The number of anilines is 1. The lowest BCUT2D eigenvalue weighted by molar-refractivity contribution is 0.479. The van der Waals surface area contributed by atoms with Crippen LogP contribution in [-0.4, -0.2) is 29.1 Å². The Morgan fingerprint density at radius 2 is 2.06 bits per heavy atom. The van der Waals surface area contributed by atoms with E-state index in [1.807, 2.05) is 18.3 Å². The van der Waals surface area contributed by atoms with E-state index in [9.17, 15) is 0 Å². The second-order valence-electron chi connectivity index (χ2n) is 4.56. The number of pyridine rings is 2. The smallest absolute Gasteiger partial charge is 0.129 e. The van der Waals surface area contributed by atoms with Gasteiger partial charge in [-0.3, -0.25) is 4.98 Å². The predicted molar refractivity (Wildman–Crippen MR) is 74.1 cm³/mol. The second-order valence-corrected chi connectivity index (χ2v) is 4.95. The molecule has 18 heavy (non-hydrogen) atoms. The first-order chi connectivity index (χ1) is 8.81. The summed E-state index contributed by atoms with van der Waals surface area (Å²) in [4.78, 5) is 8.67. The molecular formula is C13H15ClN4. The minimum Gasteiger partial charge on any atom is -0.381 e. The molecule has 0 amide bonds. The van der Waals surface area contributed by atoms with Crippen molar-refractivity contribution in [3.05, 3.63) is 29.5 Å². The number of fused-ring (bicyclic) bond motifs is 1. The zero-order valence-electron chi connectivity index (χ0n) is 9.99. The lowest BCUT2D eigenvalue weighted by Crippen LogP contribution is -2.35. The van der Waals surface area contributed by atoms with Crippen LogP contribution in [0, 0.1) is 0 Å². The number of nitrogens with one attached hydrogen (secondary N) is 2. The zero-order valence-corrected chi connectivity index (χ0v) is 10.7. The molecule has 0 aromatic carbocycles.